The number of nitrogens with zero attached hydrogens (tertiary/aromatic N) is 1. The lowest BCUT2D eigenvalue weighted by Gasteiger charge is -2.06. The highest BCUT2D eigenvalue weighted by Crippen LogP contribution is 2.34. The lowest BCUT2D eigenvalue weighted by atomic mass is 10.2. The Balaban J connectivity index is 2.38. The molecule has 0 aliphatic rings. The van der Waals surface area contributed by atoms with E-state index < -0.39 is 4.92 Å². The van der Waals surface area contributed by atoms with Crippen LogP contribution in [0.5, 0.6) is 0 Å². The average Bonchev–Trinajstić information content (AvgIpc) is 2.41. The molecule has 0 unspecified atom stereocenters. The number of non-ortho nitro benzene ring substituents is 1. The molecule has 5 nitrogen and oxygen atoms in total. The summed E-state index contributed by atoms with van der Waals surface area (Å²) >= 11 is 1.31. The molecule has 0 fully saturated rings. The van der Waals surface area contributed by atoms with Gasteiger partial charge in [0.05, 0.1) is 4.92 Å². The first-order valence-corrected chi connectivity index (χ1v) is 6.19. The van der Waals surface area contributed by atoms with Crippen molar-refractivity contribution in [1.82, 2.24) is 0 Å². The molecular formula is C13H10N2O3S. The van der Waals surface area contributed by atoms with E-state index in [2.05, 4.69) is 0 Å². The zero-order chi connectivity index (χ0) is 13.8. The van der Waals surface area contributed by atoms with E-state index in [1.807, 2.05) is 18.2 Å². The molecule has 96 valence electrons. The van der Waals surface area contributed by atoms with Gasteiger partial charge in [-0.3, -0.25) is 14.9 Å². The number of rotatable bonds is 4. The molecule has 0 aliphatic carbocycles. The number of nitrogen functional groups attached to an aromatic ring is 1. The van der Waals surface area contributed by atoms with E-state index in [9.17, 15) is 14.9 Å². The van der Waals surface area contributed by atoms with Gasteiger partial charge in [0.1, 0.15) is 0 Å². The number of benzene rings is 2. The van der Waals surface area contributed by atoms with Gasteiger partial charge in [-0.1, -0.05) is 23.9 Å². The maximum atomic E-state index is 11.0. The molecule has 6 heteroatoms. The van der Waals surface area contributed by atoms with E-state index in [0.717, 1.165) is 4.90 Å². The summed E-state index contributed by atoms with van der Waals surface area (Å²) in [5.74, 6) is 0. The Morgan fingerprint density at radius 1 is 1.16 bits per heavy atom. The first-order chi connectivity index (χ1) is 9.11. The number of carbonyl (C=O) groups excluding carboxylic acids is 1. The number of para-hydroxylation sites is 1. The van der Waals surface area contributed by atoms with Crippen LogP contribution in [0.25, 0.3) is 0 Å². The van der Waals surface area contributed by atoms with Crippen LogP contribution in [0.4, 0.5) is 11.4 Å². The maximum absolute atomic E-state index is 11.0. The third-order valence-electron chi connectivity index (χ3n) is 2.47. The second kappa shape index (κ2) is 5.53. The molecule has 0 radical (unpaired) electrons. The van der Waals surface area contributed by atoms with E-state index in [-0.39, 0.29) is 11.3 Å². The summed E-state index contributed by atoms with van der Waals surface area (Å²) in [6.45, 7) is 0. The molecule has 0 saturated heterocycles. The monoisotopic (exact) mass is 274 g/mol. The smallest absolute Gasteiger partial charge is 0.270 e. The van der Waals surface area contributed by atoms with Gasteiger partial charge >= 0.3 is 0 Å². The topological polar surface area (TPSA) is 86.2 Å². The van der Waals surface area contributed by atoms with Crippen molar-refractivity contribution in [3.63, 3.8) is 0 Å². The van der Waals surface area contributed by atoms with Gasteiger partial charge in [-0.15, -0.1) is 0 Å². The number of nitro benzene ring substituents is 1. The zero-order valence-electron chi connectivity index (χ0n) is 9.78. The molecule has 0 bridgehead atoms. The van der Waals surface area contributed by atoms with Gasteiger partial charge in [-0.05, 0) is 18.2 Å². The summed E-state index contributed by atoms with van der Waals surface area (Å²) < 4.78 is 0. The summed E-state index contributed by atoms with van der Waals surface area (Å²) in [5.41, 5.74) is 6.60. The molecule has 19 heavy (non-hydrogen) atoms. The highest BCUT2D eigenvalue weighted by atomic mass is 32.2. The zero-order valence-corrected chi connectivity index (χ0v) is 10.6. The summed E-state index contributed by atoms with van der Waals surface area (Å²) in [5, 5.41) is 10.7. The summed E-state index contributed by atoms with van der Waals surface area (Å²) in [4.78, 5) is 22.6. The first kappa shape index (κ1) is 13.1. The van der Waals surface area contributed by atoms with Crippen LogP contribution >= 0.6 is 11.8 Å². The first-order valence-electron chi connectivity index (χ1n) is 5.38. The van der Waals surface area contributed by atoms with Gasteiger partial charge in [0.25, 0.3) is 5.69 Å². The Kier molecular flexibility index (Phi) is 3.82. The summed E-state index contributed by atoms with van der Waals surface area (Å²) in [7, 11) is 0. The van der Waals surface area contributed by atoms with Crippen LogP contribution in [0.3, 0.4) is 0 Å². The second-order valence-corrected chi connectivity index (χ2v) is 4.82. The molecule has 0 spiro atoms. The van der Waals surface area contributed by atoms with Crippen LogP contribution in [-0.4, -0.2) is 11.2 Å². The standard InChI is InChI=1S/C13H10N2O3S/c14-11-3-1-2-4-13(11)19-12-6-5-10(15(17)18)7-9(12)8-16/h1-8H,14H2. The van der Waals surface area contributed by atoms with Crippen molar-refractivity contribution in [2.45, 2.75) is 9.79 Å². The van der Waals surface area contributed by atoms with Crippen LogP contribution in [0.15, 0.2) is 52.3 Å². The molecule has 2 N–H and O–H groups in total. The lowest BCUT2D eigenvalue weighted by Crippen LogP contribution is -1.93. The highest BCUT2D eigenvalue weighted by molar-refractivity contribution is 7.99. The molecule has 2 aromatic carbocycles. The van der Waals surface area contributed by atoms with E-state index >= 15 is 0 Å². The van der Waals surface area contributed by atoms with Gasteiger partial charge < -0.3 is 5.73 Å². The van der Waals surface area contributed by atoms with Crippen LogP contribution in [0, 0.1) is 10.1 Å². The Bertz CT molecular complexity index is 644. The van der Waals surface area contributed by atoms with Crippen molar-refractivity contribution in [3.8, 4) is 0 Å². The molecule has 0 heterocycles. The molecule has 0 atom stereocenters. The van der Waals surface area contributed by atoms with Gasteiger partial charge in [0.15, 0.2) is 6.29 Å². The molecule has 2 rings (SSSR count). The Morgan fingerprint density at radius 3 is 2.53 bits per heavy atom. The molecule has 0 saturated carbocycles. The molecule has 0 aromatic heterocycles. The number of nitro groups is 1. The fraction of sp³-hybridized carbons (Fsp3) is 0. The number of anilines is 1. The van der Waals surface area contributed by atoms with Crippen LogP contribution < -0.4 is 5.73 Å². The minimum absolute atomic E-state index is 0.104. The summed E-state index contributed by atoms with van der Waals surface area (Å²) in [6, 6.07) is 11.4. The van der Waals surface area contributed by atoms with Gasteiger partial charge in [0.2, 0.25) is 0 Å². The average molecular weight is 274 g/mol. The van der Waals surface area contributed by atoms with Gasteiger partial charge in [0, 0.05) is 33.2 Å². The highest BCUT2D eigenvalue weighted by Gasteiger charge is 2.12. The number of aldehydes is 1. The Labute approximate surface area is 113 Å². The predicted octanol–water partition coefficient (Wildman–Crippen LogP) is 3.14. The van der Waals surface area contributed by atoms with Crippen molar-refractivity contribution in [2.75, 3.05) is 5.73 Å². The molecule has 0 amide bonds. The van der Waals surface area contributed by atoms with Crippen LogP contribution in [-0.2, 0) is 0 Å². The molecular weight excluding hydrogens is 264 g/mol. The van der Waals surface area contributed by atoms with E-state index in [0.29, 0.717) is 16.9 Å². The predicted molar refractivity (Wildman–Crippen MR) is 73.5 cm³/mol. The fourth-order valence-electron chi connectivity index (χ4n) is 1.53. The molecule has 0 aliphatic heterocycles. The van der Waals surface area contributed by atoms with Gasteiger partial charge in [-0.2, -0.15) is 0 Å². The Hall–Kier alpha value is -2.34. The van der Waals surface area contributed by atoms with Crippen molar-refractivity contribution < 1.29 is 9.72 Å². The van der Waals surface area contributed by atoms with E-state index in [1.54, 1.807) is 12.1 Å². The lowest BCUT2D eigenvalue weighted by molar-refractivity contribution is -0.384. The minimum Gasteiger partial charge on any atom is -0.398 e. The largest absolute Gasteiger partial charge is 0.398 e. The van der Waals surface area contributed by atoms with Crippen molar-refractivity contribution in [2.24, 2.45) is 0 Å². The van der Waals surface area contributed by atoms with Gasteiger partial charge in [-0.25, -0.2) is 0 Å². The van der Waals surface area contributed by atoms with E-state index in [4.69, 9.17) is 5.73 Å². The van der Waals surface area contributed by atoms with Crippen molar-refractivity contribution >= 4 is 29.4 Å². The van der Waals surface area contributed by atoms with Crippen molar-refractivity contribution in [1.29, 1.82) is 0 Å². The minimum atomic E-state index is -0.529. The SMILES string of the molecule is Nc1ccccc1Sc1ccc([N+](=O)[O-])cc1C=O. The number of carbonyl (C=O) groups is 1. The normalized spacial score (nSPS) is 10.1. The maximum Gasteiger partial charge on any atom is 0.270 e. The fourth-order valence-corrected chi connectivity index (χ4v) is 2.46. The summed E-state index contributed by atoms with van der Waals surface area (Å²) in [6.07, 6.45) is 0.606. The van der Waals surface area contributed by atoms with E-state index in [1.165, 1.54) is 23.9 Å². The second-order valence-electron chi connectivity index (χ2n) is 3.74. The van der Waals surface area contributed by atoms with Crippen molar-refractivity contribution in [3.05, 3.63) is 58.1 Å². The number of hydrogen-bond acceptors (Lipinski definition) is 5. The Morgan fingerprint density at radius 2 is 1.89 bits per heavy atom. The molecule has 2 aromatic rings. The van der Waals surface area contributed by atoms with Crippen LogP contribution in [0.2, 0.25) is 0 Å². The number of hydrogen-bond donors (Lipinski definition) is 1. The third kappa shape index (κ3) is 2.92. The quantitative estimate of drug-likeness (QED) is 0.400. The third-order valence-corrected chi connectivity index (χ3v) is 3.65. The van der Waals surface area contributed by atoms with Crippen LogP contribution in [0.1, 0.15) is 10.4 Å². The number of nitrogens with two attached hydrogens (primary N) is 1.